The smallest absolute Gasteiger partial charge is 0.278 e. The first kappa shape index (κ1) is 11.4. The standard InChI is InChI=1S/C12H17N5O/c1-8-7-10(16-15-8)12-14-11(17-18-12)9-5-3-2-4-6-13-9/h7,9,13H,2-6H2,1H3,(H,15,16)/t9-/m1/s1. The van der Waals surface area contributed by atoms with E-state index >= 15 is 0 Å². The number of nitrogens with one attached hydrogen (secondary N) is 2. The predicted molar refractivity (Wildman–Crippen MR) is 65.8 cm³/mol. The highest BCUT2D eigenvalue weighted by Crippen LogP contribution is 2.23. The Hall–Kier alpha value is -1.69. The van der Waals surface area contributed by atoms with Crippen molar-refractivity contribution >= 4 is 0 Å². The first-order valence-electron chi connectivity index (χ1n) is 6.42. The van der Waals surface area contributed by atoms with Crippen LogP contribution >= 0.6 is 0 Å². The van der Waals surface area contributed by atoms with Gasteiger partial charge >= 0.3 is 0 Å². The molecule has 3 heterocycles. The Morgan fingerprint density at radius 2 is 2.28 bits per heavy atom. The fourth-order valence-electron chi connectivity index (χ4n) is 2.26. The van der Waals surface area contributed by atoms with E-state index in [-0.39, 0.29) is 6.04 Å². The Balaban J connectivity index is 1.80. The summed E-state index contributed by atoms with van der Waals surface area (Å²) in [5.41, 5.74) is 1.69. The van der Waals surface area contributed by atoms with Crippen molar-refractivity contribution in [1.29, 1.82) is 0 Å². The maximum atomic E-state index is 5.27. The summed E-state index contributed by atoms with van der Waals surface area (Å²) >= 11 is 0. The number of hydrogen-bond donors (Lipinski definition) is 2. The molecule has 0 radical (unpaired) electrons. The summed E-state index contributed by atoms with van der Waals surface area (Å²) in [6, 6.07) is 2.11. The number of aromatic amines is 1. The molecule has 2 aromatic heterocycles. The molecule has 1 aliphatic rings. The van der Waals surface area contributed by atoms with E-state index in [1.54, 1.807) is 0 Å². The molecule has 2 N–H and O–H groups in total. The lowest BCUT2D eigenvalue weighted by molar-refractivity contribution is 0.401. The third-order valence-electron chi connectivity index (χ3n) is 3.24. The largest absolute Gasteiger partial charge is 0.332 e. The van der Waals surface area contributed by atoms with Gasteiger partial charge < -0.3 is 9.84 Å². The summed E-state index contributed by atoms with van der Waals surface area (Å²) < 4.78 is 5.27. The van der Waals surface area contributed by atoms with Gasteiger partial charge in [0, 0.05) is 5.69 Å². The van der Waals surface area contributed by atoms with Crippen molar-refractivity contribution in [3.63, 3.8) is 0 Å². The minimum atomic E-state index is 0.213. The molecule has 96 valence electrons. The number of hydrogen-bond acceptors (Lipinski definition) is 5. The molecule has 2 aromatic rings. The lowest BCUT2D eigenvalue weighted by Gasteiger charge is -2.09. The van der Waals surface area contributed by atoms with Crippen molar-refractivity contribution in [3.05, 3.63) is 17.6 Å². The molecule has 1 atom stereocenters. The summed E-state index contributed by atoms with van der Waals surface area (Å²) in [7, 11) is 0. The van der Waals surface area contributed by atoms with Gasteiger partial charge in [0.05, 0.1) is 6.04 Å². The zero-order valence-corrected chi connectivity index (χ0v) is 10.4. The van der Waals surface area contributed by atoms with Crippen LogP contribution < -0.4 is 5.32 Å². The van der Waals surface area contributed by atoms with Crippen molar-refractivity contribution in [2.75, 3.05) is 6.54 Å². The second-order valence-corrected chi connectivity index (χ2v) is 4.75. The molecule has 0 bridgehead atoms. The van der Waals surface area contributed by atoms with Gasteiger partial charge in [-0.25, -0.2) is 0 Å². The molecule has 0 amide bonds. The minimum Gasteiger partial charge on any atom is -0.332 e. The van der Waals surface area contributed by atoms with Gasteiger partial charge in [-0.2, -0.15) is 10.1 Å². The zero-order valence-electron chi connectivity index (χ0n) is 10.4. The van der Waals surface area contributed by atoms with Crippen molar-refractivity contribution < 1.29 is 4.52 Å². The Morgan fingerprint density at radius 3 is 3.11 bits per heavy atom. The number of nitrogens with zero attached hydrogens (tertiary/aromatic N) is 3. The molecule has 1 saturated heterocycles. The van der Waals surface area contributed by atoms with E-state index in [0.717, 1.165) is 24.5 Å². The number of aromatic nitrogens is 4. The van der Waals surface area contributed by atoms with E-state index < -0.39 is 0 Å². The van der Waals surface area contributed by atoms with E-state index in [2.05, 4.69) is 25.7 Å². The number of H-pyrrole nitrogens is 1. The van der Waals surface area contributed by atoms with Gasteiger partial charge in [0.2, 0.25) is 0 Å². The van der Waals surface area contributed by atoms with Crippen molar-refractivity contribution in [2.24, 2.45) is 0 Å². The first-order chi connectivity index (χ1) is 8.83. The molecule has 0 saturated carbocycles. The van der Waals surface area contributed by atoms with Crippen LogP contribution in [0.1, 0.15) is 43.2 Å². The lowest BCUT2D eigenvalue weighted by Crippen LogP contribution is -2.21. The number of rotatable bonds is 2. The van der Waals surface area contributed by atoms with E-state index in [4.69, 9.17) is 4.52 Å². The van der Waals surface area contributed by atoms with Crippen LogP contribution in [0, 0.1) is 6.92 Å². The average Bonchev–Trinajstić information content (AvgIpc) is 2.92. The second-order valence-electron chi connectivity index (χ2n) is 4.75. The summed E-state index contributed by atoms with van der Waals surface area (Å²) in [5, 5.41) is 14.5. The highest BCUT2D eigenvalue weighted by atomic mass is 16.5. The summed E-state index contributed by atoms with van der Waals surface area (Å²) in [6.07, 6.45) is 4.77. The Bertz CT molecular complexity index is 510. The molecule has 0 spiro atoms. The predicted octanol–water partition coefficient (Wildman–Crippen LogP) is 1.97. The molecule has 6 nitrogen and oxygen atoms in total. The Labute approximate surface area is 105 Å². The summed E-state index contributed by atoms with van der Waals surface area (Å²) in [5.74, 6) is 1.23. The molecule has 1 aliphatic heterocycles. The van der Waals surface area contributed by atoms with Crippen LogP contribution in [0.15, 0.2) is 10.6 Å². The molecular weight excluding hydrogens is 230 g/mol. The molecular formula is C12H17N5O. The molecule has 6 heteroatoms. The maximum Gasteiger partial charge on any atom is 0.278 e. The fourth-order valence-corrected chi connectivity index (χ4v) is 2.26. The molecule has 3 rings (SSSR count). The summed E-state index contributed by atoms with van der Waals surface area (Å²) in [4.78, 5) is 4.44. The van der Waals surface area contributed by atoms with E-state index in [9.17, 15) is 0 Å². The quantitative estimate of drug-likeness (QED) is 0.848. The van der Waals surface area contributed by atoms with Gasteiger partial charge in [-0.3, -0.25) is 5.10 Å². The highest BCUT2D eigenvalue weighted by molar-refractivity contribution is 5.46. The summed E-state index contributed by atoms with van der Waals surface area (Å²) in [6.45, 7) is 2.97. The van der Waals surface area contributed by atoms with Gasteiger partial charge in [-0.05, 0) is 32.4 Å². The van der Waals surface area contributed by atoms with Crippen LogP contribution in [0.2, 0.25) is 0 Å². The molecule has 1 fully saturated rings. The Morgan fingerprint density at radius 1 is 1.33 bits per heavy atom. The third-order valence-corrected chi connectivity index (χ3v) is 3.24. The average molecular weight is 247 g/mol. The van der Waals surface area contributed by atoms with Crippen LogP contribution in [0.5, 0.6) is 0 Å². The van der Waals surface area contributed by atoms with E-state index in [0.29, 0.717) is 11.6 Å². The van der Waals surface area contributed by atoms with Crippen LogP contribution in [-0.4, -0.2) is 26.9 Å². The normalized spacial score (nSPS) is 20.8. The third kappa shape index (κ3) is 2.28. The van der Waals surface area contributed by atoms with Gasteiger partial charge in [0.1, 0.15) is 0 Å². The SMILES string of the molecule is Cc1cc(-c2nc([C@H]3CCCCCN3)no2)n[nH]1. The monoisotopic (exact) mass is 247 g/mol. The van der Waals surface area contributed by atoms with Gasteiger partial charge in [-0.15, -0.1) is 0 Å². The molecule has 0 unspecified atom stereocenters. The topological polar surface area (TPSA) is 79.6 Å². The molecule has 0 aliphatic carbocycles. The van der Waals surface area contributed by atoms with Crippen LogP contribution in [0.25, 0.3) is 11.6 Å². The van der Waals surface area contributed by atoms with Gasteiger partial charge in [0.25, 0.3) is 5.89 Å². The van der Waals surface area contributed by atoms with E-state index in [1.807, 2.05) is 13.0 Å². The lowest BCUT2D eigenvalue weighted by atomic mass is 10.1. The van der Waals surface area contributed by atoms with E-state index in [1.165, 1.54) is 19.3 Å². The van der Waals surface area contributed by atoms with Crippen molar-refractivity contribution in [1.82, 2.24) is 25.7 Å². The van der Waals surface area contributed by atoms with Gasteiger partial charge in [0.15, 0.2) is 11.5 Å². The van der Waals surface area contributed by atoms with Crippen molar-refractivity contribution in [3.8, 4) is 11.6 Å². The Kier molecular flexibility index (Phi) is 3.10. The van der Waals surface area contributed by atoms with Crippen molar-refractivity contribution in [2.45, 2.75) is 38.6 Å². The maximum absolute atomic E-state index is 5.27. The molecule has 18 heavy (non-hydrogen) atoms. The van der Waals surface area contributed by atoms with Gasteiger partial charge in [-0.1, -0.05) is 18.0 Å². The van der Waals surface area contributed by atoms with Crippen LogP contribution in [0.3, 0.4) is 0 Å². The highest BCUT2D eigenvalue weighted by Gasteiger charge is 2.20. The second kappa shape index (κ2) is 4.89. The number of aryl methyl sites for hydroxylation is 1. The van der Waals surface area contributed by atoms with Crippen LogP contribution in [-0.2, 0) is 0 Å². The first-order valence-corrected chi connectivity index (χ1v) is 6.42. The fraction of sp³-hybridized carbons (Fsp3) is 0.583. The molecule has 0 aromatic carbocycles. The van der Waals surface area contributed by atoms with Crippen LogP contribution in [0.4, 0.5) is 0 Å². The minimum absolute atomic E-state index is 0.213. The zero-order chi connectivity index (χ0) is 12.4.